The number of hydrogen-bond donors (Lipinski definition) is 1. The monoisotopic (exact) mass is 177 g/mol. The molecular formula is C9H11N3O. The van der Waals surface area contributed by atoms with Crippen LogP contribution in [0.3, 0.4) is 0 Å². The number of pyridine rings is 1. The topological polar surface area (TPSA) is 52.5 Å². The molecule has 0 aromatic carbocycles. The normalized spacial score (nSPS) is 10.6. The van der Waals surface area contributed by atoms with E-state index in [2.05, 4.69) is 4.98 Å². The lowest BCUT2D eigenvalue weighted by Crippen LogP contribution is -1.93. The molecule has 0 amide bonds. The van der Waals surface area contributed by atoms with Gasteiger partial charge in [-0.2, -0.15) is 0 Å². The SMILES string of the molecule is COc1c(C)nc2c(N)cccn12. The third-order valence-electron chi connectivity index (χ3n) is 1.99. The summed E-state index contributed by atoms with van der Waals surface area (Å²) in [5.41, 5.74) is 8.01. The van der Waals surface area contributed by atoms with E-state index in [4.69, 9.17) is 10.5 Å². The van der Waals surface area contributed by atoms with Crippen molar-refractivity contribution in [3.8, 4) is 5.88 Å². The molecule has 0 spiro atoms. The third kappa shape index (κ3) is 1.02. The molecule has 0 aliphatic rings. The van der Waals surface area contributed by atoms with Gasteiger partial charge in [0.05, 0.1) is 12.8 Å². The molecule has 4 heteroatoms. The van der Waals surface area contributed by atoms with Crippen LogP contribution in [0.4, 0.5) is 5.69 Å². The van der Waals surface area contributed by atoms with Gasteiger partial charge in [0.1, 0.15) is 5.69 Å². The van der Waals surface area contributed by atoms with Crippen molar-refractivity contribution >= 4 is 11.3 Å². The van der Waals surface area contributed by atoms with Gasteiger partial charge >= 0.3 is 0 Å². The zero-order valence-corrected chi connectivity index (χ0v) is 7.61. The van der Waals surface area contributed by atoms with Crippen LogP contribution in [0, 0.1) is 6.92 Å². The molecule has 0 unspecified atom stereocenters. The highest BCUT2D eigenvalue weighted by atomic mass is 16.5. The summed E-state index contributed by atoms with van der Waals surface area (Å²) < 4.78 is 7.04. The fraction of sp³-hybridized carbons (Fsp3) is 0.222. The molecule has 4 nitrogen and oxygen atoms in total. The Kier molecular flexibility index (Phi) is 1.62. The zero-order valence-electron chi connectivity index (χ0n) is 7.61. The van der Waals surface area contributed by atoms with Crippen LogP contribution in [0.5, 0.6) is 5.88 Å². The van der Waals surface area contributed by atoms with Crippen LogP contribution in [-0.4, -0.2) is 16.5 Å². The number of methoxy groups -OCH3 is 1. The minimum atomic E-state index is 0.661. The lowest BCUT2D eigenvalue weighted by atomic mass is 10.4. The number of nitrogen functional groups attached to an aromatic ring is 1. The van der Waals surface area contributed by atoms with E-state index < -0.39 is 0 Å². The van der Waals surface area contributed by atoms with E-state index in [-0.39, 0.29) is 0 Å². The fourth-order valence-electron chi connectivity index (χ4n) is 1.43. The summed E-state index contributed by atoms with van der Waals surface area (Å²) in [5, 5.41) is 0. The summed E-state index contributed by atoms with van der Waals surface area (Å²) in [5.74, 6) is 0.738. The summed E-state index contributed by atoms with van der Waals surface area (Å²) in [6, 6.07) is 3.69. The molecule has 68 valence electrons. The van der Waals surface area contributed by atoms with Gasteiger partial charge in [-0.05, 0) is 19.1 Å². The average molecular weight is 177 g/mol. The minimum Gasteiger partial charge on any atom is -0.481 e. The number of rotatable bonds is 1. The predicted molar refractivity (Wildman–Crippen MR) is 50.9 cm³/mol. The Morgan fingerprint density at radius 2 is 2.31 bits per heavy atom. The lowest BCUT2D eigenvalue weighted by molar-refractivity contribution is 0.391. The maximum absolute atomic E-state index is 5.75. The first-order valence-electron chi connectivity index (χ1n) is 4.01. The van der Waals surface area contributed by atoms with Crippen LogP contribution in [0.1, 0.15) is 5.69 Å². The van der Waals surface area contributed by atoms with Crippen molar-refractivity contribution in [2.24, 2.45) is 0 Å². The second-order valence-corrected chi connectivity index (χ2v) is 2.86. The number of aryl methyl sites for hydroxylation is 1. The lowest BCUT2D eigenvalue weighted by Gasteiger charge is -2.00. The van der Waals surface area contributed by atoms with Crippen LogP contribution in [0.25, 0.3) is 5.65 Å². The Morgan fingerprint density at radius 1 is 1.54 bits per heavy atom. The Morgan fingerprint density at radius 3 is 3.00 bits per heavy atom. The highest BCUT2D eigenvalue weighted by Crippen LogP contribution is 2.22. The minimum absolute atomic E-state index is 0.661. The standard InChI is InChI=1S/C9H11N3O/c1-6-9(13-2)12-5-3-4-7(10)8(12)11-6/h3-5H,10H2,1-2H3. The number of anilines is 1. The van der Waals surface area contributed by atoms with Gasteiger partial charge in [-0.25, -0.2) is 4.98 Å². The van der Waals surface area contributed by atoms with Crippen molar-refractivity contribution in [2.75, 3.05) is 12.8 Å². The van der Waals surface area contributed by atoms with Crippen LogP contribution in [0.15, 0.2) is 18.3 Å². The van der Waals surface area contributed by atoms with Gasteiger partial charge in [0.15, 0.2) is 5.65 Å². The maximum atomic E-state index is 5.75. The van der Waals surface area contributed by atoms with Gasteiger partial charge in [-0.3, -0.25) is 4.40 Å². The van der Waals surface area contributed by atoms with Gasteiger partial charge in [-0.1, -0.05) is 0 Å². The Bertz CT molecular complexity index is 447. The van der Waals surface area contributed by atoms with Crippen LogP contribution in [0.2, 0.25) is 0 Å². The number of fused-ring (bicyclic) bond motifs is 1. The first kappa shape index (κ1) is 7.91. The molecule has 0 fully saturated rings. The van der Waals surface area contributed by atoms with E-state index in [1.807, 2.05) is 29.7 Å². The first-order valence-corrected chi connectivity index (χ1v) is 4.01. The summed E-state index contributed by atoms with van der Waals surface area (Å²) >= 11 is 0. The van der Waals surface area contributed by atoms with Crippen molar-refractivity contribution in [3.63, 3.8) is 0 Å². The molecule has 2 rings (SSSR count). The van der Waals surface area contributed by atoms with E-state index in [1.165, 1.54) is 0 Å². The molecule has 0 radical (unpaired) electrons. The maximum Gasteiger partial charge on any atom is 0.221 e. The number of ether oxygens (including phenoxy) is 1. The molecule has 2 N–H and O–H groups in total. The summed E-state index contributed by atoms with van der Waals surface area (Å²) in [7, 11) is 1.62. The fourth-order valence-corrected chi connectivity index (χ4v) is 1.43. The van der Waals surface area contributed by atoms with Crippen molar-refractivity contribution in [3.05, 3.63) is 24.0 Å². The molecule has 0 atom stereocenters. The molecule has 0 aliphatic carbocycles. The number of hydrogen-bond acceptors (Lipinski definition) is 3. The molecule has 0 saturated heterocycles. The highest BCUT2D eigenvalue weighted by Gasteiger charge is 2.09. The molecular weight excluding hydrogens is 166 g/mol. The van der Waals surface area contributed by atoms with Crippen molar-refractivity contribution in [2.45, 2.75) is 6.92 Å². The number of imidazole rings is 1. The van der Waals surface area contributed by atoms with Gasteiger partial charge in [0.2, 0.25) is 5.88 Å². The van der Waals surface area contributed by atoms with E-state index in [0.29, 0.717) is 5.69 Å². The second kappa shape index (κ2) is 2.65. The molecule has 2 aromatic rings. The third-order valence-corrected chi connectivity index (χ3v) is 1.99. The highest BCUT2D eigenvalue weighted by molar-refractivity contribution is 5.66. The molecule has 2 aromatic heterocycles. The van der Waals surface area contributed by atoms with E-state index in [9.17, 15) is 0 Å². The second-order valence-electron chi connectivity index (χ2n) is 2.86. The van der Waals surface area contributed by atoms with Gasteiger partial charge in [0.25, 0.3) is 0 Å². The van der Waals surface area contributed by atoms with E-state index in [0.717, 1.165) is 17.2 Å². The molecule has 13 heavy (non-hydrogen) atoms. The molecule has 0 aliphatic heterocycles. The summed E-state index contributed by atoms with van der Waals surface area (Å²) in [4.78, 5) is 4.30. The Hall–Kier alpha value is -1.71. The Balaban J connectivity index is 2.86. The van der Waals surface area contributed by atoms with Crippen LogP contribution < -0.4 is 10.5 Å². The number of nitrogens with two attached hydrogens (primary N) is 1. The molecule has 0 bridgehead atoms. The largest absolute Gasteiger partial charge is 0.481 e. The van der Waals surface area contributed by atoms with Gasteiger partial charge < -0.3 is 10.5 Å². The molecule has 0 saturated carbocycles. The number of nitrogens with zero attached hydrogens (tertiary/aromatic N) is 2. The smallest absolute Gasteiger partial charge is 0.221 e. The quantitative estimate of drug-likeness (QED) is 0.712. The zero-order chi connectivity index (χ0) is 9.42. The first-order chi connectivity index (χ1) is 6.24. The van der Waals surface area contributed by atoms with E-state index in [1.54, 1.807) is 7.11 Å². The average Bonchev–Trinajstić information content (AvgIpc) is 2.43. The van der Waals surface area contributed by atoms with Gasteiger partial charge in [0, 0.05) is 6.20 Å². The summed E-state index contributed by atoms with van der Waals surface area (Å²) in [6.45, 7) is 1.89. The van der Waals surface area contributed by atoms with Gasteiger partial charge in [-0.15, -0.1) is 0 Å². The van der Waals surface area contributed by atoms with Crippen molar-refractivity contribution < 1.29 is 4.74 Å². The van der Waals surface area contributed by atoms with Crippen LogP contribution >= 0.6 is 0 Å². The predicted octanol–water partition coefficient (Wildman–Crippen LogP) is 1.23. The summed E-state index contributed by atoms with van der Waals surface area (Å²) in [6.07, 6.45) is 1.88. The van der Waals surface area contributed by atoms with Crippen molar-refractivity contribution in [1.29, 1.82) is 0 Å². The van der Waals surface area contributed by atoms with E-state index >= 15 is 0 Å². The Labute approximate surface area is 76.0 Å². The number of aromatic nitrogens is 2. The van der Waals surface area contributed by atoms with Crippen molar-refractivity contribution in [1.82, 2.24) is 9.38 Å². The molecule has 2 heterocycles. The van der Waals surface area contributed by atoms with Crippen LogP contribution in [-0.2, 0) is 0 Å².